The molecule has 8 heterocycles. The number of fused-ring (bicyclic) bond motifs is 20. The van der Waals surface area contributed by atoms with Crippen molar-refractivity contribution in [1.29, 1.82) is 21.0 Å². The predicted molar refractivity (Wildman–Crippen MR) is 367 cm³/mol. The molecule has 0 bridgehead atoms. The summed E-state index contributed by atoms with van der Waals surface area (Å²) >= 11 is 0. The first-order valence-electron chi connectivity index (χ1n) is 31.3. The van der Waals surface area contributed by atoms with Crippen LogP contribution in [0, 0.1) is 141 Å². The molecular weight excluding hydrogens is 1180 g/mol. The third kappa shape index (κ3) is 8.94. The van der Waals surface area contributed by atoms with Gasteiger partial charge in [0.1, 0.15) is 44.8 Å². The Kier molecular flexibility index (Phi) is 14.4. The SMILES string of the molecule is [C-]#[N+]c1ccc2c(c[n+]3n2-c2c(C)c(C)c(C)c(C)c2C3)c1C#N.[C-]#[N+]c1ccc2c(c[n+]3n2-c2c(C)c(C)cc(C)c2C3)c1C#N.[C-]#[N+]c1ccc2c(c[n+]3n2-c2c(cc(C)c(C)c2C)C3)c1C#N.[C-]#[N+]c1ccc2c(c[n+]3n2-c2cc(-c4ccccc4)ccc2C3)c1C#N. The summed E-state index contributed by atoms with van der Waals surface area (Å²) in [5, 5.41) is 41.3. The fourth-order valence-electron chi connectivity index (χ4n) is 14.8. The Hall–Kier alpha value is -13.2. The Labute approximate surface area is 555 Å². The van der Waals surface area contributed by atoms with E-state index in [9.17, 15) is 21.0 Å². The Morgan fingerprint density at radius 2 is 0.740 bits per heavy atom. The lowest BCUT2D eigenvalue weighted by Crippen LogP contribution is -2.36. The van der Waals surface area contributed by atoms with Crippen LogP contribution in [0.15, 0.2) is 134 Å². The van der Waals surface area contributed by atoms with Crippen molar-refractivity contribution in [1.82, 2.24) is 18.7 Å². The molecule has 0 fully saturated rings. The molecule has 0 spiro atoms. The van der Waals surface area contributed by atoms with Crippen LogP contribution in [0.25, 0.3) is 96.9 Å². The molecule has 13 aromatic rings. The van der Waals surface area contributed by atoms with Crippen molar-refractivity contribution in [2.75, 3.05) is 0 Å². The maximum Gasteiger partial charge on any atom is 0.205 e. The number of aromatic nitrogens is 8. The largest absolute Gasteiger partial charge is 0.237 e. The van der Waals surface area contributed by atoms with Crippen molar-refractivity contribution in [3.05, 3.63) is 280 Å². The van der Waals surface area contributed by atoms with E-state index in [0.717, 1.165) is 81.0 Å². The van der Waals surface area contributed by atoms with Crippen LogP contribution in [0.2, 0.25) is 0 Å². The predicted octanol–water partition coefficient (Wildman–Crippen LogP) is 15.6. The summed E-state index contributed by atoms with van der Waals surface area (Å²) in [6.07, 6.45) is 7.97. The average Bonchev–Trinajstić information content (AvgIpc) is 1.61. The van der Waals surface area contributed by atoms with Gasteiger partial charge in [-0.05, 0) is 178 Å². The molecule has 4 aromatic heterocycles. The van der Waals surface area contributed by atoms with E-state index in [0.29, 0.717) is 45.0 Å². The number of nitrogens with zero attached hydrogens (tertiary/aromatic N) is 16. The van der Waals surface area contributed by atoms with Crippen molar-refractivity contribution in [3.8, 4) is 58.2 Å². The van der Waals surface area contributed by atoms with Crippen LogP contribution in [-0.4, -0.2) is 18.7 Å². The monoisotopic (exact) mass is 1240 g/mol. The van der Waals surface area contributed by atoms with Crippen LogP contribution >= 0.6 is 0 Å². The second-order valence-corrected chi connectivity index (χ2v) is 25.1. The summed E-state index contributed by atoms with van der Waals surface area (Å²) in [5.74, 6) is 0. The van der Waals surface area contributed by atoms with Gasteiger partial charge in [0.2, 0.25) is 47.5 Å². The highest BCUT2D eigenvalue weighted by Crippen LogP contribution is 2.40. The Bertz CT molecular complexity index is 6060. The molecule has 9 aromatic carbocycles. The van der Waals surface area contributed by atoms with Gasteiger partial charge in [0.15, 0.2) is 26.2 Å². The molecule has 0 radical (unpaired) electrons. The third-order valence-electron chi connectivity index (χ3n) is 20.3. The molecule has 0 saturated heterocycles. The van der Waals surface area contributed by atoms with Gasteiger partial charge in [-0.15, -0.1) is 37.5 Å². The van der Waals surface area contributed by atoms with Crippen molar-refractivity contribution < 1.29 is 18.7 Å². The van der Waals surface area contributed by atoms with Crippen molar-refractivity contribution >= 4 is 66.4 Å². The number of hydrogen-bond acceptors (Lipinski definition) is 4. The zero-order valence-electron chi connectivity index (χ0n) is 54.7. The summed E-state index contributed by atoms with van der Waals surface area (Å²) < 4.78 is 17.3. The molecule has 0 aliphatic carbocycles. The summed E-state index contributed by atoms with van der Waals surface area (Å²) in [7, 11) is 0. The van der Waals surface area contributed by atoms with Crippen LogP contribution in [-0.2, 0) is 26.2 Å². The molecule has 456 valence electrons. The Morgan fingerprint density at radius 1 is 0.344 bits per heavy atom. The second kappa shape index (κ2) is 22.9. The summed E-state index contributed by atoms with van der Waals surface area (Å²) in [6, 6.07) is 44.9. The highest BCUT2D eigenvalue weighted by Gasteiger charge is 2.37. The Balaban J connectivity index is 0.000000110. The quantitative estimate of drug-likeness (QED) is 0.119. The van der Waals surface area contributed by atoms with Gasteiger partial charge in [-0.3, -0.25) is 0 Å². The smallest absolute Gasteiger partial charge is 0.205 e. The summed E-state index contributed by atoms with van der Waals surface area (Å²) in [6.45, 7) is 53.8. The number of hydrogen-bond donors (Lipinski definition) is 0. The minimum absolute atomic E-state index is 0.406. The fraction of sp³-hybridized carbons (Fsp3) is 0.175. The summed E-state index contributed by atoms with van der Waals surface area (Å²) in [4.78, 5) is 13.9. The van der Waals surface area contributed by atoms with E-state index in [2.05, 4.69) is 193 Å². The lowest BCUT2D eigenvalue weighted by atomic mass is 9.92. The Morgan fingerprint density at radius 3 is 1.22 bits per heavy atom. The molecule has 4 aliphatic rings. The van der Waals surface area contributed by atoms with E-state index in [1.165, 1.54) is 101 Å². The minimum Gasteiger partial charge on any atom is -0.237 e. The van der Waals surface area contributed by atoms with Gasteiger partial charge in [0.25, 0.3) is 0 Å². The zero-order valence-corrected chi connectivity index (χ0v) is 54.7. The highest BCUT2D eigenvalue weighted by atomic mass is 15.4. The molecule has 0 saturated carbocycles. The highest BCUT2D eigenvalue weighted by molar-refractivity contribution is 5.95. The topological polar surface area (TPSA) is 148 Å². The van der Waals surface area contributed by atoms with E-state index in [4.69, 9.17) is 26.3 Å². The summed E-state index contributed by atoms with van der Waals surface area (Å²) in [5.41, 5.74) is 32.8. The van der Waals surface area contributed by atoms with E-state index >= 15 is 0 Å². The van der Waals surface area contributed by atoms with Gasteiger partial charge in [-0.25, -0.2) is 19.4 Å². The van der Waals surface area contributed by atoms with Crippen LogP contribution in [0.4, 0.5) is 22.7 Å². The zero-order chi connectivity index (χ0) is 67.4. The number of benzene rings is 9. The lowest BCUT2D eigenvalue weighted by molar-refractivity contribution is -0.749. The fourth-order valence-corrected chi connectivity index (χ4v) is 14.8. The van der Waals surface area contributed by atoms with E-state index in [1.54, 1.807) is 24.3 Å². The number of nitriles is 4. The van der Waals surface area contributed by atoms with Crippen molar-refractivity contribution in [2.24, 2.45) is 0 Å². The van der Waals surface area contributed by atoms with Crippen LogP contribution in [0.5, 0.6) is 0 Å². The standard InChI is InChI=1S/C22H13N4.C20H17N4.2C19H15N4/c1-24-20-9-10-21-19(18(20)12-23)14-25-13-17-8-7-16(11-22(17)26(21)25)15-5-3-2-4-6-15;1-11-12(2)14(4)20-16(13(11)3)9-23-10-17-15(8-21)18(22-5)6-7-19(17)24(20)23;1-11-7-14-9-22-10-16-15(8-20)17(21-4)5-6-18(16)23(22)19(14)13(3)12(11)2;1-11-7-12(2)15-9-22-10-16-14(8-20)17(21-4)5-6-18(16)23(22)19(15)13(11)3/h2-11,14H,13H2;6-7,10H,9H2,1-4H3;2*5-7,10H,9H2,1-3H3/q4*+1. The first-order chi connectivity index (χ1) is 46.4. The normalized spacial score (nSPS) is 11.8. The average molecular weight is 1250 g/mol. The van der Waals surface area contributed by atoms with Gasteiger partial charge >= 0.3 is 0 Å². The van der Waals surface area contributed by atoms with E-state index in [-0.39, 0.29) is 0 Å². The van der Waals surface area contributed by atoms with Gasteiger partial charge < -0.3 is 0 Å². The first kappa shape index (κ1) is 60.3. The molecular formula is C80H60N16+4. The molecule has 16 nitrogen and oxygen atoms in total. The van der Waals surface area contributed by atoms with Gasteiger partial charge in [0, 0.05) is 11.1 Å². The molecule has 0 amide bonds. The van der Waals surface area contributed by atoms with Gasteiger partial charge in [-0.2, -0.15) is 21.0 Å². The molecule has 96 heavy (non-hydrogen) atoms. The second-order valence-electron chi connectivity index (χ2n) is 25.1. The molecule has 16 heteroatoms. The van der Waals surface area contributed by atoms with Crippen LogP contribution in [0.1, 0.15) is 100 Å². The molecule has 0 unspecified atom stereocenters. The van der Waals surface area contributed by atoms with Crippen molar-refractivity contribution in [2.45, 2.75) is 95.4 Å². The molecule has 17 rings (SSSR count). The molecule has 0 N–H and O–H groups in total. The van der Waals surface area contributed by atoms with Gasteiger partial charge in [0.05, 0.1) is 105 Å². The molecule has 4 aliphatic heterocycles. The minimum atomic E-state index is 0.406. The van der Waals surface area contributed by atoms with Crippen LogP contribution in [0.3, 0.4) is 0 Å². The lowest BCUT2D eigenvalue weighted by Gasteiger charge is -2.13. The number of aryl methyl sites for hydroxylation is 3. The van der Waals surface area contributed by atoms with E-state index in [1.807, 2.05) is 67.3 Å². The van der Waals surface area contributed by atoms with Crippen LogP contribution < -0.4 is 18.7 Å². The van der Waals surface area contributed by atoms with Gasteiger partial charge in [-0.1, -0.05) is 66.7 Å². The first-order valence-corrected chi connectivity index (χ1v) is 31.3. The maximum atomic E-state index is 9.51. The number of rotatable bonds is 1. The van der Waals surface area contributed by atoms with Crippen molar-refractivity contribution in [3.63, 3.8) is 0 Å². The van der Waals surface area contributed by atoms with E-state index < -0.39 is 0 Å². The third-order valence-corrected chi connectivity index (χ3v) is 20.3. The molecule has 0 atom stereocenters. The maximum absolute atomic E-state index is 9.51.